The molecule has 4 rings (SSSR count). The summed E-state index contributed by atoms with van der Waals surface area (Å²) in [6.45, 7) is 4.79. The SMILES string of the molecule is C[C@@H]1CCCN(c2nc3ncn(CC(=O)NCCC4=CCCCC4)c(=O)c3s2)C1. The summed E-state index contributed by atoms with van der Waals surface area (Å²) in [5, 5.41) is 3.79. The summed E-state index contributed by atoms with van der Waals surface area (Å²) in [6, 6.07) is 0. The highest BCUT2D eigenvalue weighted by Gasteiger charge is 2.21. The molecule has 1 N–H and O–H groups in total. The number of nitrogens with zero attached hydrogens (tertiary/aromatic N) is 4. The van der Waals surface area contributed by atoms with Gasteiger partial charge in [0.2, 0.25) is 5.91 Å². The maximum absolute atomic E-state index is 12.8. The molecule has 2 aromatic heterocycles. The molecule has 156 valence electrons. The molecule has 2 aromatic rings. The third-order valence-electron chi connectivity index (χ3n) is 5.77. The van der Waals surface area contributed by atoms with E-state index in [4.69, 9.17) is 0 Å². The van der Waals surface area contributed by atoms with Crippen molar-refractivity contribution in [3.63, 3.8) is 0 Å². The van der Waals surface area contributed by atoms with Crippen LogP contribution < -0.4 is 15.8 Å². The highest BCUT2D eigenvalue weighted by Crippen LogP contribution is 2.29. The van der Waals surface area contributed by atoms with Gasteiger partial charge in [-0.25, -0.2) is 4.98 Å². The second-order valence-electron chi connectivity index (χ2n) is 8.23. The predicted molar refractivity (Wildman–Crippen MR) is 116 cm³/mol. The van der Waals surface area contributed by atoms with Crippen LogP contribution in [0.4, 0.5) is 5.13 Å². The van der Waals surface area contributed by atoms with Crippen molar-refractivity contribution in [3.05, 3.63) is 28.3 Å². The smallest absolute Gasteiger partial charge is 0.273 e. The van der Waals surface area contributed by atoms with Crippen LogP contribution in [-0.4, -0.2) is 40.1 Å². The molecule has 29 heavy (non-hydrogen) atoms. The van der Waals surface area contributed by atoms with Crippen molar-refractivity contribution in [2.75, 3.05) is 24.5 Å². The van der Waals surface area contributed by atoms with Crippen molar-refractivity contribution in [3.8, 4) is 0 Å². The maximum Gasteiger partial charge on any atom is 0.273 e. The predicted octanol–water partition coefficient (Wildman–Crippen LogP) is 3.10. The van der Waals surface area contributed by atoms with Crippen LogP contribution in [0.2, 0.25) is 0 Å². The van der Waals surface area contributed by atoms with E-state index < -0.39 is 0 Å². The van der Waals surface area contributed by atoms with Crippen LogP contribution in [-0.2, 0) is 11.3 Å². The molecule has 0 unspecified atom stereocenters. The first kappa shape index (κ1) is 20.1. The molecule has 8 heteroatoms. The number of carbonyl (C=O) groups excluding carboxylic acids is 1. The number of fused-ring (bicyclic) bond motifs is 1. The average molecular weight is 416 g/mol. The third-order valence-corrected chi connectivity index (χ3v) is 6.86. The Morgan fingerprint density at radius 2 is 2.24 bits per heavy atom. The molecular formula is C21H29N5O2S. The summed E-state index contributed by atoms with van der Waals surface area (Å²) in [6.07, 6.45) is 11.8. The lowest BCUT2D eigenvalue weighted by molar-refractivity contribution is -0.121. The molecule has 0 spiro atoms. The van der Waals surface area contributed by atoms with Gasteiger partial charge in [-0.05, 0) is 50.9 Å². The van der Waals surface area contributed by atoms with Crippen molar-refractivity contribution < 1.29 is 4.79 Å². The summed E-state index contributed by atoms with van der Waals surface area (Å²) in [7, 11) is 0. The lowest BCUT2D eigenvalue weighted by Gasteiger charge is -2.30. The van der Waals surface area contributed by atoms with E-state index in [0.717, 1.165) is 43.9 Å². The van der Waals surface area contributed by atoms with Crippen LogP contribution in [0.1, 0.15) is 51.9 Å². The zero-order valence-corrected chi connectivity index (χ0v) is 17.8. The minimum Gasteiger partial charge on any atom is -0.354 e. The fraction of sp³-hybridized carbons (Fsp3) is 0.619. The first-order valence-electron chi connectivity index (χ1n) is 10.7. The van der Waals surface area contributed by atoms with Gasteiger partial charge in [-0.15, -0.1) is 0 Å². The molecule has 0 bridgehead atoms. The number of rotatable bonds is 6. The Hall–Kier alpha value is -2.22. The van der Waals surface area contributed by atoms with Gasteiger partial charge in [0, 0.05) is 19.6 Å². The van der Waals surface area contributed by atoms with Gasteiger partial charge in [0.1, 0.15) is 17.6 Å². The Kier molecular flexibility index (Phi) is 6.28. The molecule has 1 fully saturated rings. The summed E-state index contributed by atoms with van der Waals surface area (Å²) in [5.41, 5.74) is 1.73. The number of thiazole rings is 1. The second kappa shape index (κ2) is 9.07. The normalized spacial score (nSPS) is 20.0. The van der Waals surface area contributed by atoms with Gasteiger partial charge >= 0.3 is 0 Å². The molecule has 1 aliphatic carbocycles. The first-order valence-corrected chi connectivity index (χ1v) is 11.5. The van der Waals surface area contributed by atoms with E-state index in [9.17, 15) is 9.59 Å². The fourth-order valence-corrected chi connectivity index (χ4v) is 5.15. The average Bonchev–Trinajstić information content (AvgIpc) is 3.16. The molecule has 3 heterocycles. The largest absolute Gasteiger partial charge is 0.354 e. The van der Waals surface area contributed by atoms with Crippen LogP contribution in [0.3, 0.4) is 0 Å². The Morgan fingerprint density at radius 1 is 1.34 bits per heavy atom. The Labute approximate surface area is 174 Å². The number of piperidine rings is 1. The van der Waals surface area contributed by atoms with E-state index in [0.29, 0.717) is 22.8 Å². The highest BCUT2D eigenvalue weighted by molar-refractivity contribution is 7.22. The number of nitrogens with one attached hydrogen (secondary N) is 1. The van der Waals surface area contributed by atoms with Crippen molar-refractivity contribution >= 4 is 32.7 Å². The Morgan fingerprint density at radius 3 is 3.03 bits per heavy atom. The molecule has 1 amide bonds. The molecule has 1 atom stereocenters. The number of anilines is 1. The van der Waals surface area contributed by atoms with E-state index in [1.807, 2.05) is 0 Å². The van der Waals surface area contributed by atoms with Gasteiger partial charge in [-0.1, -0.05) is 29.9 Å². The summed E-state index contributed by atoms with van der Waals surface area (Å²) in [4.78, 5) is 36.3. The van der Waals surface area contributed by atoms with Crippen LogP contribution in [0.25, 0.3) is 10.3 Å². The molecular weight excluding hydrogens is 386 g/mol. The van der Waals surface area contributed by atoms with Crippen LogP contribution in [0.5, 0.6) is 0 Å². The molecule has 0 aromatic carbocycles. The number of aromatic nitrogens is 3. The minimum absolute atomic E-state index is 0.00516. The van der Waals surface area contributed by atoms with E-state index in [1.165, 1.54) is 47.1 Å². The lowest BCUT2D eigenvalue weighted by Crippen LogP contribution is -2.34. The molecule has 0 saturated carbocycles. The van der Waals surface area contributed by atoms with E-state index in [1.54, 1.807) is 0 Å². The summed E-state index contributed by atoms with van der Waals surface area (Å²) < 4.78 is 1.92. The molecule has 0 radical (unpaired) electrons. The number of carbonyl (C=O) groups is 1. The van der Waals surface area contributed by atoms with Crippen LogP contribution in [0, 0.1) is 5.92 Å². The number of hydrogen-bond acceptors (Lipinski definition) is 6. The van der Waals surface area contributed by atoms with Gasteiger partial charge in [-0.3, -0.25) is 14.2 Å². The number of hydrogen-bond donors (Lipinski definition) is 1. The highest BCUT2D eigenvalue weighted by atomic mass is 32.1. The van der Waals surface area contributed by atoms with Gasteiger partial charge < -0.3 is 10.2 Å². The number of allylic oxidation sites excluding steroid dienone is 1. The van der Waals surface area contributed by atoms with Gasteiger partial charge in [-0.2, -0.15) is 4.98 Å². The van der Waals surface area contributed by atoms with E-state index in [-0.39, 0.29) is 18.0 Å². The quantitative estimate of drug-likeness (QED) is 0.734. The van der Waals surface area contributed by atoms with Gasteiger partial charge in [0.25, 0.3) is 5.56 Å². The molecule has 1 aliphatic heterocycles. The third kappa shape index (κ3) is 4.86. The molecule has 1 saturated heterocycles. The van der Waals surface area contributed by atoms with Crippen LogP contribution in [0.15, 0.2) is 22.8 Å². The van der Waals surface area contributed by atoms with Crippen molar-refractivity contribution in [2.45, 2.75) is 58.4 Å². The lowest BCUT2D eigenvalue weighted by atomic mass is 9.97. The zero-order chi connectivity index (χ0) is 20.2. The standard InChI is InChI=1S/C21H29N5O2S/c1-15-6-5-11-25(12-15)21-24-19-18(29-21)20(28)26(14-23-19)13-17(27)22-10-9-16-7-3-2-4-8-16/h7,14-15H,2-6,8-13H2,1H3,(H,22,27)/t15-/m1/s1. The number of amides is 1. The maximum atomic E-state index is 12.8. The first-order chi connectivity index (χ1) is 14.1. The zero-order valence-electron chi connectivity index (χ0n) is 17.0. The monoisotopic (exact) mass is 415 g/mol. The van der Waals surface area contributed by atoms with Gasteiger partial charge in [0.05, 0.1) is 0 Å². The van der Waals surface area contributed by atoms with Gasteiger partial charge in [0.15, 0.2) is 10.8 Å². The van der Waals surface area contributed by atoms with E-state index >= 15 is 0 Å². The van der Waals surface area contributed by atoms with Crippen molar-refractivity contribution in [1.29, 1.82) is 0 Å². The summed E-state index contributed by atoms with van der Waals surface area (Å²) in [5.74, 6) is 0.479. The van der Waals surface area contributed by atoms with Crippen molar-refractivity contribution in [2.24, 2.45) is 5.92 Å². The topological polar surface area (TPSA) is 80.1 Å². The second-order valence-corrected chi connectivity index (χ2v) is 9.21. The van der Waals surface area contributed by atoms with Crippen LogP contribution >= 0.6 is 11.3 Å². The molecule has 7 nitrogen and oxygen atoms in total. The Balaban J connectivity index is 1.39. The van der Waals surface area contributed by atoms with E-state index in [2.05, 4.69) is 33.2 Å². The summed E-state index contributed by atoms with van der Waals surface area (Å²) >= 11 is 1.39. The molecule has 2 aliphatic rings. The van der Waals surface area contributed by atoms with Crippen molar-refractivity contribution in [1.82, 2.24) is 19.9 Å². The fourth-order valence-electron chi connectivity index (χ4n) is 4.15. The Bertz CT molecular complexity index is 964. The minimum atomic E-state index is -0.186.